The van der Waals surface area contributed by atoms with Crippen LogP contribution in [-0.2, 0) is 23.6 Å². The minimum absolute atomic E-state index is 0.153. The van der Waals surface area contributed by atoms with E-state index in [9.17, 15) is 19.3 Å². The molecule has 18 heavy (non-hydrogen) atoms. The predicted molar refractivity (Wildman–Crippen MR) is 59.6 cm³/mol. The fourth-order valence-electron chi connectivity index (χ4n) is 0.746. The first-order valence-electron chi connectivity index (χ1n) is 4.82. The summed E-state index contributed by atoms with van der Waals surface area (Å²) in [5, 5.41) is 9.25. The van der Waals surface area contributed by atoms with Crippen molar-refractivity contribution in [3.05, 3.63) is 12.2 Å². The van der Waals surface area contributed by atoms with Gasteiger partial charge in [0, 0.05) is 5.57 Å². The average Bonchev–Trinajstić information content (AvgIpc) is 2.20. The van der Waals surface area contributed by atoms with Crippen molar-refractivity contribution in [2.45, 2.75) is 13.0 Å². The van der Waals surface area contributed by atoms with Crippen LogP contribution in [0.25, 0.3) is 0 Å². The van der Waals surface area contributed by atoms with Gasteiger partial charge in [-0.25, -0.2) is 4.79 Å². The van der Waals surface area contributed by atoms with E-state index in [-0.39, 0.29) is 5.57 Å². The summed E-state index contributed by atoms with van der Waals surface area (Å²) in [6, 6.07) is 0. The van der Waals surface area contributed by atoms with E-state index in [2.05, 4.69) is 16.1 Å². The van der Waals surface area contributed by atoms with Crippen molar-refractivity contribution in [3.63, 3.8) is 0 Å². The van der Waals surface area contributed by atoms with Gasteiger partial charge in [0.15, 0.2) is 0 Å². The van der Waals surface area contributed by atoms with Crippen molar-refractivity contribution in [1.82, 2.24) is 0 Å². The second kappa shape index (κ2) is 7.27. The summed E-state index contributed by atoms with van der Waals surface area (Å²) in [6.07, 6.45) is -2.33. The van der Waals surface area contributed by atoms with Gasteiger partial charge >= 0.3 is 19.5 Å². The van der Waals surface area contributed by atoms with Gasteiger partial charge in [0.05, 0.1) is 0 Å². The van der Waals surface area contributed by atoms with Crippen molar-refractivity contribution in [3.8, 4) is 0 Å². The van der Waals surface area contributed by atoms with Gasteiger partial charge in [0.2, 0.25) is 0 Å². The number of rotatable bonds is 7. The Morgan fingerprint density at radius 3 is 2.22 bits per heavy atom. The standard InChI is InChI=1S/C9H15O8P/c1-6(2)9(12)17-4-7(10)3-16-8(11)5-18(13,14)15/h7,10H,1,3-5H2,2H3,(H2,13,14,15). The summed E-state index contributed by atoms with van der Waals surface area (Å²) in [6.45, 7) is 3.81. The number of ether oxygens (including phenoxy) is 2. The van der Waals surface area contributed by atoms with Crippen LogP contribution in [0.1, 0.15) is 6.92 Å². The second-order valence-electron chi connectivity index (χ2n) is 3.54. The van der Waals surface area contributed by atoms with Gasteiger partial charge in [-0.3, -0.25) is 9.36 Å². The monoisotopic (exact) mass is 282 g/mol. The molecule has 1 unspecified atom stereocenters. The predicted octanol–water partition coefficient (Wildman–Crippen LogP) is -0.812. The Labute approximate surface area is 103 Å². The molecule has 0 aliphatic carbocycles. The highest BCUT2D eigenvalue weighted by Crippen LogP contribution is 2.33. The summed E-state index contributed by atoms with van der Waals surface area (Å²) in [5.41, 5.74) is 0.153. The Kier molecular flexibility index (Phi) is 6.79. The van der Waals surface area contributed by atoms with E-state index in [1.807, 2.05) is 0 Å². The quantitative estimate of drug-likeness (QED) is 0.314. The van der Waals surface area contributed by atoms with E-state index in [0.717, 1.165) is 0 Å². The lowest BCUT2D eigenvalue weighted by atomic mass is 10.3. The van der Waals surface area contributed by atoms with Crippen LogP contribution >= 0.6 is 7.60 Å². The number of aliphatic hydroxyl groups is 1. The molecule has 0 aromatic rings. The number of hydrogen-bond acceptors (Lipinski definition) is 6. The van der Waals surface area contributed by atoms with Crippen LogP contribution in [-0.4, -0.2) is 52.3 Å². The van der Waals surface area contributed by atoms with Gasteiger partial charge in [-0.05, 0) is 6.92 Å². The van der Waals surface area contributed by atoms with Gasteiger partial charge < -0.3 is 24.4 Å². The third-order valence-corrected chi connectivity index (χ3v) is 2.20. The summed E-state index contributed by atoms with van der Waals surface area (Å²) in [7, 11) is -4.48. The number of carbonyl (C=O) groups excluding carboxylic acids is 2. The minimum Gasteiger partial charge on any atom is -0.462 e. The highest BCUT2D eigenvalue weighted by atomic mass is 31.2. The zero-order valence-corrected chi connectivity index (χ0v) is 10.6. The van der Waals surface area contributed by atoms with Crippen molar-refractivity contribution in [2.75, 3.05) is 19.4 Å². The molecule has 0 spiro atoms. The molecule has 3 N–H and O–H groups in total. The fourth-order valence-corrected chi connectivity index (χ4v) is 1.17. The highest BCUT2D eigenvalue weighted by molar-refractivity contribution is 7.52. The average molecular weight is 282 g/mol. The molecule has 0 aliphatic rings. The lowest BCUT2D eigenvalue weighted by molar-refractivity contribution is -0.148. The first-order valence-corrected chi connectivity index (χ1v) is 6.62. The summed E-state index contributed by atoms with van der Waals surface area (Å²) < 4.78 is 19.4. The maximum absolute atomic E-state index is 10.9. The van der Waals surface area contributed by atoms with Crippen molar-refractivity contribution >= 4 is 19.5 Å². The molecule has 104 valence electrons. The van der Waals surface area contributed by atoms with Crippen LogP contribution in [0.3, 0.4) is 0 Å². The van der Waals surface area contributed by atoms with Crippen molar-refractivity contribution in [2.24, 2.45) is 0 Å². The second-order valence-corrected chi connectivity index (χ2v) is 5.18. The number of carbonyl (C=O) groups is 2. The molecule has 0 amide bonds. The molecule has 0 heterocycles. The van der Waals surface area contributed by atoms with Crippen molar-refractivity contribution in [1.29, 1.82) is 0 Å². The zero-order chi connectivity index (χ0) is 14.3. The van der Waals surface area contributed by atoms with Crippen LogP contribution < -0.4 is 0 Å². The molecule has 0 saturated carbocycles. The molecule has 0 fully saturated rings. The Morgan fingerprint density at radius 1 is 1.28 bits per heavy atom. The van der Waals surface area contributed by atoms with Gasteiger partial charge in [-0.2, -0.15) is 0 Å². The summed E-state index contributed by atoms with van der Waals surface area (Å²) in [4.78, 5) is 38.7. The highest BCUT2D eigenvalue weighted by Gasteiger charge is 2.21. The lowest BCUT2D eigenvalue weighted by Crippen LogP contribution is -2.26. The molecule has 0 saturated heterocycles. The first-order chi connectivity index (χ1) is 8.11. The van der Waals surface area contributed by atoms with E-state index in [1.165, 1.54) is 6.92 Å². The molecular formula is C9H15O8P. The molecule has 8 nitrogen and oxygen atoms in total. The Balaban J connectivity index is 3.87. The van der Waals surface area contributed by atoms with Crippen LogP contribution in [0, 0.1) is 0 Å². The van der Waals surface area contributed by atoms with Gasteiger partial charge in [-0.1, -0.05) is 6.58 Å². The molecule has 0 aromatic heterocycles. The number of esters is 2. The van der Waals surface area contributed by atoms with Crippen LogP contribution in [0.2, 0.25) is 0 Å². The summed E-state index contributed by atoms with van der Waals surface area (Å²) >= 11 is 0. The molecular weight excluding hydrogens is 267 g/mol. The topological polar surface area (TPSA) is 130 Å². The van der Waals surface area contributed by atoms with E-state index in [4.69, 9.17) is 9.79 Å². The van der Waals surface area contributed by atoms with Crippen molar-refractivity contribution < 1.29 is 38.5 Å². The number of hydrogen-bond donors (Lipinski definition) is 3. The lowest BCUT2D eigenvalue weighted by Gasteiger charge is -2.12. The molecule has 9 heteroatoms. The molecule has 0 aliphatic heterocycles. The molecule has 0 rings (SSSR count). The maximum Gasteiger partial charge on any atom is 0.336 e. The Bertz CT molecular complexity index is 371. The molecule has 0 bridgehead atoms. The van der Waals surface area contributed by atoms with E-state index in [0.29, 0.717) is 0 Å². The van der Waals surface area contributed by atoms with Gasteiger partial charge in [0.1, 0.15) is 25.5 Å². The Hall–Kier alpha value is -1.21. The zero-order valence-electron chi connectivity index (χ0n) is 9.74. The normalized spacial score (nSPS) is 12.7. The largest absolute Gasteiger partial charge is 0.462 e. The van der Waals surface area contributed by atoms with Crippen LogP contribution in [0.15, 0.2) is 12.2 Å². The first kappa shape index (κ1) is 16.8. The molecule has 1 atom stereocenters. The third-order valence-electron chi connectivity index (χ3n) is 1.53. The smallest absolute Gasteiger partial charge is 0.336 e. The number of aliphatic hydroxyl groups excluding tert-OH is 1. The van der Waals surface area contributed by atoms with E-state index < -0.39 is 45.0 Å². The van der Waals surface area contributed by atoms with Crippen LogP contribution in [0.4, 0.5) is 0 Å². The molecule has 0 aromatic carbocycles. The fraction of sp³-hybridized carbons (Fsp3) is 0.556. The van der Waals surface area contributed by atoms with E-state index >= 15 is 0 Å². The third kappa shape index (κ3) is 8.89. The summed E-state index contributed by atoms with van der Waals surface area (Å²) in [5.74, 6) is -1.84. The Morgan fingerprint density at radius 2 is 1.78 bits per heavy atom. The van der Waals surface area contributed by atoms with Gasteiger partial charge in [0.25, 0.3) is 0 Å². The SMILES string of the molecule is C=C(C)C(=O)OCC(O)COC(=O)CP(=O)(O)O. The minimum atomic E-state index is -4.48. The van der Waals surface area contributed by atoms with E-state index in [1.54, 1.807) is 0 Å². The molecule has 0 radical (unpaired) electrons. The maximum atomic E-state index is 10.9. The van der Waals surface area contributed by atoms with Crippen LogP contribution in [0.5, 0.6) is 0 Å². The van der Waals surface area contributed by atoms with Gasteiger partial charge in [-0.15, -0.1) is 0 Å².